The molecular weight excluding hydrogens is 499 g/mol. The summed E-state index contributed by atoms with van der Waals surface area (Å²) >= 11 is 12.2. The van der Waals surface area contributed by atoms with E-state index in [0.717, 1.165) is 33.2 Å². The second-order valence-corrected chi connectivity index (χ2v) is 10.2. The third-order valence-electron chi connectivity index (χ3n) is 5.05. The summed E-state index contributed by atoms with van der Waals surface area (Å²) in [6, 6.07) is 13.7. The van der Waals surface area contributed by atoms with Gasteiger partial charge in [-0.15, -0.1) is 0 Å². The van der Waals surface area contributed by atoms with Crippen LogP contribution in [0.5, 0.6) is 5.75 Å². The summed E-state index contributed by atoms with van der Waals surface area (Å²) in [6.07, 6.45) is 2.53. The minimum atomic E-state index is -3.72. The molecule has 3 aromatic rings. The molecule has 1 N–H and O–H groups in total. The molecule has 1 heterocycles. The average molecular weight is 523 g/mol. The highest BCUT2D eigenvalue weighted by Crippen LogP contribution is 2.27. The molecule has 0 bridgehead atoms. The number of ether oxygens (including phenoxy) is 1. The van der Waals surface area contributed by atoms with Gasteiger partial charge in [0, 0.05) is 28.7 Å². The van der Waals surface area contributed by atoms with Crippen molar-refractivity contribution in [3.8, 4) is 11.4 Å². The summed E-state index contributed by atoms with van der Waals surface area (Å²) in [7, 11) is -2.24. The predicted octanol–water partition coefficient (Wildman–Crippen LogP) is 4.33. The molecule has 0 unspecified atom stereocenters. The maximum absolute atomic E-state index is 12.5. The number of nitrogens with zero attached hydrogens (tertiary/aromatic N) is 3. The third-order valence-corrected chi connectivity index (χ3v) is 6.93. The number of carbonyl (C=O) groups is 1. The number of anilines is 1. The van der Waals surface area contributed by atoms with Crippen LogP contribution in [0.2, 0.25) is 10.0 Å². The number of aromatic nitrogens is 1. The Morgan fingerprint density at radius 1 is 1.15 bits per heavy atom. The van der Waals surface area contributed by atoms with Crippen LogP contribution in [-0.2, 0) is 14.8 Å². The van der Waals surface area contributed by atoms with Gasteiger partial charge in [-0.3, -0.25) is 9.10 Å². The first-order valence-corrected chi connectivity index (χ1v) is 12.7. The molecule has 180 valence electrons. The van der Waals surface area contributed by atoms with Crippen LogP contribution < -0.4 is 14.5 Å². The van der Waals surface area contributed by atoms with Crippen molar-refractivity contribution >= 4 is 51.0 Å². The van der Waals surface area contributed by atoms with Gasteiger partial charge in [0.2, 0.25) is 10.0 Å². The van der Waals surface area contributed by atoms with E-state index in [1.54, 1.807) is 30.3 Å². The molecule has 0 aliphatic heterocycles. The topological polar surface area (TPSA) is 93.0 Å². The zero-order chi connectivity index (χ0) is 25.0. The lowest BCUT2D eigenvalue weighted by Crippen LogP contribution is -2.39. The molecular formula is C23H24Cl2N4O4S. The highest BCUT2D eigenvalue weighted by atomic mass is 35.5. The fraction of sp³-hybridized carbons (Fsp3) is 0.217. The summed E-state index contributed by atoms with van der Waals surface area (Å²) in [5, 5.41) is 4.93. The Balaban J connectivity index is 1.76. The van der Waals surface area contributed by atoms with E-state index in [1.807, 2.05) is 30.5 Å². The van der Waals surface area contributed by atoms with Crippen LogP contribution in [-0.4, -0.2) is 45.0 Å². The van der Waals surface area contributed by atoms with Gasteiger partial charge in [0.1, 0.15) is 12.3 Å². The molecule has 3 rings (SSSR count). The maximum Gasteiger partial charge on any atom is 0.260 e. The van der Waals surface area contributed by atoms with Crippen LogP contribution in [0.15, 0.2) is 53.6 Å². The summed E-state index contributed by atoms with van der Waals surface area (Å²) in [5.74, 6) is -0.121. The average Bonchev–Trinajstić information content (AvgIpc) is 3.06. The number of hydrogen-bond acceptors (Lipinski definition) is 5. The molecule has 0 fully saturated rings. The van der Waals surface area contributed by atoms with Gasteiger partial charge in [0.25, 0.3) is 5.91 Å². The van der Waals surface area contributed by atoms with Crippen molar-refractivity contribution in [3.63, 3.8) is 0 Å². The zero-order valence-corrected chi connectivity index (χ0v) is 21.4. The Kier molecular flexibility index (Phi) is 7.91. The molecule has 0 radical (unpaired) electrons. The third kappa shape index (κ3) is 5.91. The minimum Gasteiger partial charge on any atom is -0.497 e. The molecule has 8 nitrogen and oxygen atoms in total. The van der Waals surface area contributed by atoms with E-state index in [0.29, 0.717) is 21.5 Å². The first-order chi connectivity index (χ1) is 16.0. The molecule has 11 heteroatoms. The van der Waals surface area contributed by atoms with E-state index in [2.05, 4.69) is 10.5 Å². The first kappa shape index (κ1) is 25.6. The molecule has 0 saturated heterocycles. The number of carbonyl (C=O) groups excluding carboxylic acids is 1. The quantitative estimate of drug-likeness (QED) is 0.352. The van der Waals surface area contributed by atoms with Crippen molar-refractivity contribution in [3.05, 3.63) is 75.5 Å². The number of methoxy groups -OCH3 is 1. The van der Waals surface area contributed by atoms with E-state index >= 15 is 0 Å². The van der Waals surface area contributed by atoms with E-state index in [1.165, 1.54) is 19.4 Å². The monoisotopic (exact) mass is 522 g/mol. The number of rotatable bonds is 8. The van der Waals surface area contributed by atoms with Gasteiger partial charge < -0.3 is 9.30 Å². The van der Waals surface area contributed by atoms with Gasteiger partial charge in [-0.1, -0.05) is 29.3 Å². The Morgan fingerprint density at radius 2 is 1.88 bits per heavy atom. The molecule has 34 heavy (non-hydrogen) atoms. The van der Waals surface area contributed by atoms with E-state index in [9.17, 15) is 13.2 Å². The Bertz CT molecular complexity index is 1350. The number of hydrazone groups is 1. The van der Waals surface area contributed by atoms with Gasteiger partial charge in [-0.25, -0.2) is 13.8 Å². The van der Waals surface area contributed by atoms with Crippen molar-refractivity contribution in [2.75, 3.05) is 24.2 Å². The normalized spacial score (nSPS) is 11.6. The van der Waals surface area contributed by atoms with Crippen LogP contribution in [0.4, 0.5) is 5.69 Å². The summed E-state index contributed by atoms with van der Waals surface area (Å²) in [5.41, 5.74) is 6.13. The summed E-state index contributed by atoms with van der Waals surface area (Å²) in [6.45, 7) is 3.40. The van der Waals surface area contributed by atoms with Gasteiger partial charge in [0.05, 0.1) is 35.3 Å². The molecule has 1 amide bonds. The molecule has 2 aromatic carbocycles. The van der Waals surface area contributed by atoms with Gasteiger partial charge in [-0.2, -0.15) is 5.10 Å². The van der Waals surface area contributed by atoms with Crippen molar-refractivity contribution in [2.45, 2.75) is 13.8 Å². The fourth-order valence-corrected chi connectivity index (χ4v) is 4.59. The Morgan fingerprint density at radius 3 is 2.53 bits per heavy atom. The predicted molar refractivity (Wildman–Crippen MR) is 136 cm³/mol. The lowest BCUT2D eigenvalue weighted by molar-refractivity contribution is -0.119. The van der Waals surface area contributed by atoms with Crippen LogP contribution >= 0.6 is 23.2 Å². The number of halogens is 2. The number of benzene rings is 2. The van der Waals surface area contributed by atoms with Crippen molar-refractivity contribution in [1.29, 1.82) is 0 Å². The molecule has 0 saturated carbocycles. The van der Waals surface area contributed by atoms with Crippen molar-refractivity contribution in [1.82, 2.24) is 9.99 Å². The highest BCUT2D eigenvalue weighted by molar-refractivity contribution is 7.92. The summed E-state index contributed by atoms with van der Waals surface area (Å²) < 4.78 is 32.7. The van der Waals surface area contributed by atoms with Crippen molar-refractivity contribution in [2.24, 2.45) is 5.10 Å². The van der Waals surface area contributed by atoms with Crippen LogP contribution in [0.1, 0.15) is 17.0 Å². The number of nitrogens with one attached hydrogen (secondary N) is 1. The number of amides is 1. The largest absolute Gasteiger partial charge is 0.497 e. The van der Waals surface area contributed by atoms with E-state index in [4.69, 9.17) is 27.9 Å². The SMILES string of the molecule is COc1cccc(N(CC(=O)N/N=C\c2cc(C)n(-c3ccc(Cl)c(Cl)c3)c2C)S(C)(=O)=O)c1. The van der Waals surface area contributed by atoms with Crippen LogP contribution in [0.25, 0.3) is 5.69 Å². The maximum atomic E-state index is 12.5. The van der Waals surface area contributed by atoms with Gasteiger partial charge >= 0.3 is 0 Å². The standard InChI is InChI=1S/C23H24Cl2N4O4S/c1-15-10-17(16(2)29(15)19-8-9-21(24)22(25)12-19)13-26-27-23(30)14-28(34(4,31)32)18-6-5-7-20(11-18)33-3/h5-13H,14H2,1-4H3,(H,27,30)/b26-13-. The molecule has 0 aliphatic carbocycles. The fourth-order valence-electron chi connectivity index (χ4n) is 3.44. The molecule has 0 aliphatic rings. The number of aryl methyl sites for hydroxylation is 1. The number of sulfonamides is 1. The van der Waals surface area contributed by atoms with Gasteiger partial charge in [-0.05, 0) is 50.2 Å². The van der Waals surface area contributed by atoms with E-state index < -0.39 is 22.5 Å². The van der Waals surface area contributed by atoms with Crippen molar-refractivity contribution < 1.29 is 17.9 Å². The smallest absolute Gasteiger partial charge is 0.260 e. The Labute approximate surface area is 208 Å². The summed E-state index contributed by atoms with van der Waals surface area (Å²) in [4.78, 5) is 12.5. The minimum absolute atomic E-state index is 0.311. The van der Waals surface area contributed by atoms with Crippen LogP contribution in [0, 0.1) is 13.8 Å². The number of hydrogen-bond donors (Lipinski definition) is 1. The molecule has 1 aromatic heterocycles. The Hall–Kier alpha value is -3.01. The second-order valence-electron chi connectivity index (χ2n) is 7.52. The lowest BCUT2D eigenvalue weighted by atomic mass is 10.2. The van der Waals surface area contributed by atoms with Crippen LogP contribution in [0.3, 0.4) is 0 Å². The molecule has 0 spiro atoms. The highest BCUT2D eigenvalue weighted by Gasteiger charge is 2.21. The molecule has 0 atom stereocenters. The lowest BCUT2D eigenvalue weighted by Gasteiger charge is -2.21. The zero-order valence-electron chi connectivity index (χ0n) is 19.0. The van der Waals surface area contributed by atoms with Gasteiger partial charge in [0.15, 0.2) is 0 Å². The first-order valence-electron chi connectivity index (χ1n) is 10.1. The van der Waals surface area contributed by atoms with E-state index in [-0.39, 0.29) is 0 Å². The second kappa shape index (κ2) is 10.5.